The lowest BCUT2D eigenvalue weighted by molar-refractivity contribution is -0.142. The van der Waals surface area contributed by atoms with E-state index in [1.165, 1.54) is 16.4 Å². The fourth-order valence-electron chi connectivity index (χ4n) is 3.49. The largest absolute Gasteiger partial charge is 0.480 e. The topological polar surface area (TPSA) is 107 Å². The predicted octanol–water partition coefficient (Wildman–Crippen LogP) is 0.959. The molecule has 1 aromatic rings. The van der Waals surface area contributed by atoms with Crippen LogP contribution in [0.5, 0.6) is 0 Å². The van der Waals surface area contributed by atoms with Gasteiger partial charge in [-0.05, 0) is 50.4 Å². The van der Waals surface area contributed by atoms with Crippen LogP contribution in [0.2, 0.25) is 0 Å². The third-order valence-electron chi connectivity index (χ3n) is 4.82. The summed E-state index contributed by atoms with van der Waals surface area (Å²) in [5, 5.41) is 11.8. The molecule has 1 aromatic carbocycles. The summed E-state index contributed by atoms with van der Waals surface area (Å²) in [5.41, 5.74) is 0.390. The van der Waals surface area contributed by atoms with Crippen molar-refractivity contribution in [2.24, 2.45) is 0 Å². The van der Waals surface area contributed by atoms with Gasteiger partial charge in [-0.25, -0.2) is 8.42 Å². The number of carbonyl (C=O) groups excluding carboxylic acids is 1. The number of likely N-dealkylation sites (tertiary alicyclic amines) is 1. The molecule has 142 valence electrons. The first-order chi connectivity index (χ1) is 12.4. The van der Waals surface area contributed by atoms with E-state index in [-0.39, 0.29) is 17.3 Å². The molecule has 0 aromatic heterocycles. The molecule has 2 fully saturated rings. The molecular weight excluding hydrogens is 358 g/mol. The molecular formula is C17H23N3O5S. The molecule has 2 N–H and O–H groups in total. The van der Waals surface area contributed by atoms with Crippen LogP contribution < -0.4 is 5.32 Å². The summed E-state index contributed by atoms with van der Waals surface area (Å²) < 4.78 is 26.7. The molecule has 2 aliphatic heterocycles. The molecule has 8 nitrogen and oxygen atoms in total. The number of hydrogen-bond acceptors (Lipinski definition) is 5. The molecule has 0 unspecified atom stereocenters. The molecule has 0 spiro atoms. The highest BCUT2D eigenvalue weighted by Gasteiger charge is 2.32. The summed E-state index contributed by atoms with van der Waals surface area (Å²) in [5.74, 6) is -1.28. The van der Waals surface area contributed by atoms with E-state index in [4.69, 9.17) is 0 Å². The minimum Gasteiger partial charge on any atom is -0.480 e. The molecule has 26 heavy (non-hydrogen) atoms. The van der Waals surface area contributed by atoms with E-state index >= 15 is 0 Å². The Morgan fingerprint density at radius 1 is 1.15 bits per heavy atom. The van der Waals surface area contributed by atoms with Gasteiger partial charge in [0.1, 0.15) is 6.04 Å². The number of rotatable bonds is 6. The average molecular weight is 381 g/mol. The van der Waals surface area contributed by atoms with Crippen molar-refractivity contribution in [3.05, 3.63) is 24.3 Å². The second-order valence-electron chi connectivity index (χ2n) is 6.65. The molecule has 1 amide bonds. The van der Waals surface area contributed by atoms with Gasteiger partial charge in [-0.3, -0.25) is 14.5 Å². The third-order valence-corrected chi connectivity index (χ3v) is 6.71. The smallest absolute Gasteiger partial charge is 0.320 e. The van der Waals surface area contributed by atoms with Crippen LogP contribution in [0.1, 0.15) is 25.7 Å². The van der Waals surface area contributed by atoms with Gasteiger partial charge in [0.25, 0.3) is 0 Å². The van der Waals surface area contributed by atoms with Crippen molar-refractivity contribution >= 4 is 27.6 Å². The molecule has 3 rings (SSSR count). The van der Waals surface area contributed by atoms with Gasteiger partial charge < -0.3 is 10.4 Å². The van der Waals surface area contributed by atoms with E-state index in [0.29, 0.717) is 31.7 Å². The fourth-order valence-corrected chi connectivity index (χ4v) is 5.06. The van der Waals surface area contributed by atoms with Crippen LogP contribution in [0.4, 0.5) is 5.69 Å². The van der Waals surface area contributed by atoms with E-state index in [1.807, 2.05) is 0 Å². The molecule has 0 bridgehead atoms. The number of carbonyl (C=O) groups is 2. The summed E-state index contributed by atoms with van der Waals surface area (Å²) in [7, 11) is -3.55. The maximum absolute atomic E-state index is 12.6. The number of amides is 1. The highest BCUT2D eigenvalue weighted by molar-refractivity contribution is 7.89. The Labute approximate surface area is 152 Å². The Kier molecular flexibility index (Phi) is 5.59. The number of hydrogen-bond donors (Lipinski definition) is 2. The van der Waals surface area contributed by atoms with Gasteiger partial charge in [0, 0.05) is 18.8 Å². The normalized spacial score (nSPS) is 21.8. The monoisotopic (exact) mass is 381 g/mol. The van der Waals surface area contributed by atoms with Gasteiger partial charge in [-0.15, -0.1) is 0 Å². The molecule has 0 saturated carbocycles. The summed E-state index contributed by atoms with van der Waals surface area (Å²) in [6.45, 7) is 1.57. The molecule has 2 saturated heterocycles. The lowest BCUT2D eigenvalue weighted by atomic mass is 10.2. The number of carboxylic acids is 1. The first kappa shape index (κ1) is 18.8. The van der Waals surface area contributed by atoms with Crippen LogP contribution >= 0.6 is 0 Å². The summed E-state index contributed by atoms with van der Waals surface area (Å²) in [6, 6.07) is 5.55. The van der Waals surface area contributed by atoms with Crippen LogP contribution in [-0.2, 0) is 19.6 Å². The Morgan fingerprint density at radius 2 is 1.88 bits per heavy atom. The number of carboxylic acid groups (broad SMARTS) is 1. The van der Waals surface area contributed by atoms with Gasteiger partial charge in [-0.2, -0.15) is 4.31 Å². The van der Waals surface area contributed by atoms with Gasteiger partial charge >= 0.3 is 5.97 Å². The van der Waals surface area contributed by atoms with Gasteiger partial charge in [-0.1, -0.05) is 6.07 Å². The SMILES string of the molecule is O=C(CN1CCC[C@H]1C(=O)O)Nc1cccc(S(=O)(=O)N2CCCC2)c1. The van der Waals surface area contributed by atoms with Crippen LogP contribution in [0, 0.1) is 0 Å². The number of benzene rings is 1. The third kappa shape index (κ3) is 4.05. The van der Waals surface area contributed by atoms with E-state index in [0.717, 1.165) is 19.3 Å². The van der Waals surface area contributed by atoms with Crippen molar-refractivity contribution in [2.45, 2.75) is 36.6 Å². The Morgan fingerprint density at radius 3 is 2.58 bits per heavy atom. The fraction of sp³-hybridized carbons (Fsp3) is 0.529. The first-order valence-corrected chi connectivity index (χ1v) is 10.2. The van der Waals surface area contributed by atoms with Crippen molar-refractivity contribution in [1.29, 1.82) is 0 Å². The number of sulfonamides is 1. The zero-order chi connectivity index (χ0) is 18.7. The van der Waals surface area contributed by atoms with Crippen molar-refractivity contribution in [2.75, 3.05) is 31.5 Å². The number of nitrogens with one attached hydrogen (secondary N) is 1. The van der Waals surface area contributed by atoms with Gasteiger partial charge in [0.15, 0.2) is 0 Å². The average Bonchev–Trinajstić information content (AvgIpc) is 3.26. The Balaban J connectivity index is 1.67. The van der Waals surface area contributed by atoms with Crippen LogP contribution in [0.25, 0.3) is 0 Å². The highest BCUT2D eigenvalue weighted by atomic mass is 32.2. The molecule has 1 atom stereocenters. The van der Waals surface area contributed by atoms with Crippen LogP contribution in [-0.4, -0.2) is 66.8 Å². The minimum absolute atomic E-state index is 0.0277. The maximum atomic E-state index is 12.6. The zero-order valence-corrected chi connectivity index (χ0v) is 15.2. The summed E-state index contributed by atoms with van der Waals surface area (Å²) in [4.78, 5) is 25.2. The van der Waals surface area contributed by atoms with Crippen molar-refractivity contribution in [1.82, 2.24) is 9.21 Å². The van der Waals surface area contributed by atoms with E-state index < -0.39 is 22.0 Å². The van der Waals surface area contributed by atoms with Crippen molar-refractivity contribution in [3.8, 4) is 0 Å². The van der Waals surface area contributed by atoms with E-state index in [2.05, 4.69) is 5.32 Å². The molecule has 0 aliphatic carbocycles. The second-order valence-corrected chi connectivity index (χ2v) is 8.59. The van der Waals surface area contributed by atoms with Crippen LogP contribution in [0.3, 0.4) is 0 Å². The highest BCUT2D eigenvalue weighted by Crippen LogP contribution is 2.23. The standard InChI is InChI=1S/C17H23N3O5S/c21-16(12-19-8-4-7-15(19)17(22)23)18-13-5-3-6-14(11-13)26(24,25)20-9-1-2-10-20/h3,5-6,11,15H,1-2,4,7-10,12H2,(H,18,21)(H,22,23)/t15-/m0/s1. The minimum atomic E-state index is -3.55. The zero-order valence-electron chi connectivity index (χ0n) is 14.4. The molecule has 0 radical (unpaired) electrons. The van der Waals surface area contributed by atoms with Crippen LogP contribution in [0.15, 0.2) is 29.2 Å². The van der Waals surface area contributed by atoms with Crippen molar-refractivity contribution < 1.29 is 23.1 Å². The Hall–Kier alpha value is -1.97. The predicted molar refractivity (Wildman–Crippen MR) is 95.3 cm³/mol. The number of aliphatic carboxylic acids is 1. The second kappa shape index (κ2) is 7.73. The maximum Gasteiger partial charge on any atom is 0.320 e. The van der Waals surface area contributed by atoms with Crippen molar-refractivity contribution in [3.63, 3.8) is 0 Å². The Bertz CT molecular complexity index is 789. The van der Waals surface area contributed by atoms with E-state index in [9.17, 15) is 23.1 Å². The summed E-state index contributed by atoms with van der Waals surface area (Å²) >= 11 is 0. The molecule has 9 heteroatoms. The first-order valence-electron chi connectivity index (χ1n) is 8.75. The molecule has 2 aliphatic rings. The number of anilines is 1. The number of nitrogens with zero attached hydrogens (tertiary/aromatic N) is 2. The van der Waals surface area contributed by atoms with E-state index in [1.54, 1.807) is 17.0 Å². The lowest BCUT2D eigenvalue weighted by Gasteiger charge is -2.20. The molecule has 2 heterocycles. The van der Waals surface area contributed by atoms with Gasteiger partial charge in [0.05, 0.1) is 11.4 Å². The van der Waals surface area contributed by atoms with Gasteiger partial charge in [0.2, 0.25) is 15.9 Å². The lowest BCUT2D eigenvalue weighted by Crippen LogP contribution is -2.40. The summed E-state index contributed by atoms with van der Waals surface area (Å²) in [6.07, 6.45) is 2.99. The quantitative estimate of drug-likeness (QED) is 0.760.